The van der Waals surface area contributed by atoms with Gasteiger partial charge in [-0.2, -0.15) is 5.10 Å². The van der Waals surface area contributed by atoms with E-state index in [0.29, 0.717) is 5.92 Å². The Morgan fingerprint density at radius 3 is 2.73 bits per heavy atom. The fourth-order valence-corrected chi connectivity index (χ4v) is 2.19. The van der Waals surface area contributed by atoms with E-state index in [1.54, 1.807) is 0 Å². The first-order chi connectivity index (χ1) is 7.11. The van der Waals surface area contributed by atoms with Crippen molar-refractivity contribution in [1.29, 1.82) is 0 Å². The number of rotatable bonds is 2. The maximum atomic E-state index is 10.2. The van der Waals surface area contributed by atoms with Gasteiger partial charge in [0, 0.05) is 25.2 Å². The quantitative estimate of drug-likeness (QED) is 0.753. The molecule has 1 fully saturated rings. The van der Waals surface area contributed by atoms with E-state index < -0.39 is 6.10 Å². The highest BCUT2D eigenvalue weighted by Gasteiger charge is 2.28. The second-order valence-electron chi connectivity index (χ2n) is 4.42. The molecule has 2 rings (SSSR count). The minimum atomic E-state index is -0.417. The molecule has 0 spiro atoms. The lowest BCUT2D eigenvalue weighted by atomic mass is 9.97. The van der Waals surface area contributed by atoms with Crippen molar-refractivity contribution >= 4 is 0 Å². The molecule has 0 bridgehead atoms. The molecule has 1 aromatic rings. The number of nitrogens with zero attached hydrogens (tertiary/aromatic N) is 2. The number of aliphatic hydroxyl groups is 1. The topological polar surface area (TPSA) is 50.1 Å². The average Bonchev–Trinajstić information content (AvgIpc) is 2.82. The van der Waals surface area contributed by atoms with Crippen LogP contribution in [0.3, 0.4) is 0 Å². The van der Waals surface area contributed by atoms with Gasteiger partial charge >= 0.3 is 0 Å². The zero-order chi connectivity index (χ0) is 11.0. The zero-order valence-corrected chi connectivity index (χ0v) is 9.62. The summed E-state index contributed by atoms with van der Waals surface area (Å²) < 4.78 is 1.84. The summed E-state index contributed by atoms with van der Waals surface area (Å²) in [5.41, 5.74) is 3.11. The van der Waals surface area contributed by atoms with Crippen LogP contribution in [0.25, 0.3) is 0 Å². The highest BCUT2D eigenvalue weighted by Crippen LogP contribution is 2.28. The Morgan fingerprint density at radius 2 is 2.27 bits per heavy atom. The molecule has 2 heterocycles. The molecule has 2 unspecified atom stereocenters. The Kier molecular flexibility index (Phi) is 2.80. The second kappa shape index (κ2) is 3.94. The molecule has 0 aromatic carbocycles. The molecule has 84 valence electrons. The fraction of sp³-hybridized carbons (Fsp3) is 0.727. The molecule has 2 atom stereocenters. The maximum absolute atomic E-state index is 10.2. The van der Waals surface area contributed by atoms with Crippen molar-refractivity contribution in [2.45, 2.75) is 26.4 Å². The molecule has 0 aliphatic carbocycles. The molecule has 2 N–H and O–H groups in total. The first-order valence-electron chi connectivity index (χ1n) is 5.50. The average molecular weight is 209 g/mol. The van der Waals surface area contributed by atoms with E-state index in [9.17, 15) is 5.11 Å². The number of aliphatic hydroxyl groups excluding tert-OH is 1. The van der Waals surface area contributed by atoms with E-state index in [4.69, 9.17) is 0 Å². The number of aromatic nitrogens is 2. The molecule has 0 amide bonds. The van der Waals surface area contributed by atoms with Crippen LogP contribution in [0.5, 0.6) is 0 Å². The van der Waals surface area contributed by atoms with Gasteiger partial charge in [0.1, 0.15) is 6.10 Å². The molecule has 1 aliphatic rings. The van der Waals surface area contributed by atoms with Crippen LogP contribution >= 0.6 is 0 Å². The van der Waals surface area contributed by atoms with E-state index in [1.807, 2.05) is 25.6 Å². The summed E-state index contributed by atoms with van der Waals surface area (Å²) in [6.07, 6.45) is 0.621. The molecule has 0 saturated carbocycles. The SMILES string of the molecule is Cc1c(C(O)C2CCNC2)nn(C)c1C. The predicted molar refractivity (Wildman–Crippen MR) is 58.6 cm³/mol. The van der Waals surface area contributed by atoms with Crippen molar-refractivity contribution in [2.24, 2.45) is 13.0 Å². The Labute approximate surface area is 90.3 Å². The molecule has 1 saturated heterocycles. The number of nitrogens with one attached hydrogen (secondary N) is 1. The highest BCUT2D eigenvalue weighted by atomic mass is 16.3. The van der Waals surface area contributed by atoms with Gasteiger partial charge < -0.3 is 10.4 Å². The fourth-order valence-electron chi connectivity index (χ4n) is 2.19. The Hall–Kier alpha value is -0.870. The molecule has 4 nitrogen and oxygen atoms in total. The molecular formula is C11H19N3O. The van der Waals surface area contributed by atoms with Gasteiger partial charge in [0.25, 0.3) is 0 Å². The van der Waals surface area contributed by atoms with Crippen LogP contribution in [0.2, 0.25) is 0 Å². The van der Waals surface area contributed by atoms with Crippen molar-refractivity contribution in [3.8, 4) is 0 Å². The van der Waals surface area contributed by atoms with Crippen molar-refractivity contribution in [3.05, 3.63) is 17.0 Å². The highest BCUT2D eigenvalue weighted by molar-refractivity contribution is 5.25. The van der Waals surface area contributed by atoms with E-state index >= 15 is 0 Å². The second-order valence-corrected chi connectivity index (χ2v) is 4.42. The molecule has 1 aliphatic heterocycles. The third kappa shape index (κ3) is 1.79. The van der Waals surface area contributed by atoms with Crippen molar-refractivity contribution in [3.63, 3.8) is 0 Å². The lowest BCUT2D eigenvalue weighted by Gasteiger charge is -2.15. The number of hydrogen-bond acceptors (Lipinski definition) is 3. The van der Waals surface area contributed by atoms with Gasteiger partial charge in [-0.1, -0.05) is 0 Å². The minimum Gasteiger partial charge on any atom is -0.386 e. The van der Waals surface area contributed by atoms with Crippen LogP contribution < -0.4 is 5.32 Å². The largest absolute Gasteiger partial charge is 0.386 e. The summed E-state index contributed by atoms with van der Waals surface area (Å²) in [5, 5.41) is 17.9. The van der Waals surface area contributed by atoms with Gasteiger partial charge in [0.15, 0.2) is 0 Å². The van der Waals surface area contributed by atoms with Gasteiger partial charge in [0.05, 0.1) is 5.69 Å². The Balaban J connectivity index is 2.24. The maximum Gasteiger partial charge on any atom is 0.102 e. The standard InChI is InChI=1S/C11H19N3O/c1-7-8(2)14(3)13-10(7)11(15)9-4-5-12-6-9/h9,11-12,15H,4-6H2,1-3H3. The smallest absolute Gasteiger partial charge is 0.102 e. The van der Waals surface area contributed by atoms with Crippen LogP contribution in [0.1, 0.15) is 29.5 Å². The van der Waals surface area contributed by atoms with Crippen LogP contribution in [0.15, 0.2) is 0 Å². The Bertz CT molecular complexity index is 353. The van der Waals surface area contributed by atoms with Crippen molar-refractivity contribution in [1.82, 2.24) is 15.1 Å². The number of hydrogen-bond donors (Lipinski definition) is 2. The van der Waals surface area contributed by atoms with E-state index in [-0.39, 0.29) is 0 Å². The molecule has 1 aromatic heterocycles. The molecular weight excluding hydrogens is 190 g/mol. The lowest BCUT2D eigenvalue weighted by molar-refractivity contribution is 0.112. The van der Waals surface area contributed by atoms with Crippen molar-refractivity contribution < 1.29 is 5.11 Å². The molecule has 15 heavy (non-hydrogen) atoms. The zero-order valence-electron chi connectivity index (χ0n) is 9.62. The molecule has 0 radical (unpaired) electrons. The van der Waals surface area contributed by atoms with Crippen LogP contribution in [-0.2, 0) is 7.05 Å². The summed E-state index contributed by atoms with van der Waals surface area (Å²) in [4.78, 5) is 0. The third-order valence-electron chi connectivity index (χ3n) is 3.50. The summed E-state index contributed by atoms with van der Waals surface area (Å²) in [5.74, 6) is 0.318. The van der Waals surface area contributed by atoms with Gasteiger partial charge in [-0.25, -0.2) is 0 Å². The minimum absolute atomic E-state index is 0.318. The van der Waals surface area contributed by atoms with Crippen LogP contribution in [-0.4, -0.2) is 28.0 Å². The molecule has 4 heteroatoms. The van der Waals surface area contributed by atoms with Gasteiger partial charge in [-0.3, -0.25) is 4.68 Å². The van der Waals surface area contributed by atoms with Crippen LogP contribution in [0.4, 0.5) is 0 Å². The third-order valence-corrected chi connectivity index (χ3v) is 3.50. The first-order valence-corrected chi connectivity index (χ1v) is 5.50. The lowest BCUT2D eigenvalue weighted by Crippen LogP contribution is -2.17. The monoisotopic (exact) mass is 209 g/mol. The van der Waals surface area contributed by atoms with Gasteiger partial charge in [0.2, 0.25) is 0 Å². The number of aryl methyl sites for hydroxylation is 1. The first kappa shape index (κ1) is 10.6. The van der Waals surface area contributed by atoms with Crippen molar-refractivity contribution in [2.75, 3.05) is 13.1 Å². The van der Waals surface area contributed by atoms with E-state index in [2.05, 4.69) is 10.4 Å². The van der Waals surface area contributed by atoms with Crippen LogP contribution in [0, 0.1) is 19.8 Å². The normalized spacial score (nSPS) is 23.3. The summed E-state index contributed by atoms with van der Waals surface area (Å²) in [6.45, 7) is 5.97. The summed E-state index contributed by atoms with van der Waals surface area (Å²) in [6, 6.07) is 0. The van der Waals surface area contributed by atoms with E-state index in [0.717, 1.165) is 36.5 Å². The van der Waals surface area contributed by atoms with Gasteiger partial charge in [-0.05, 0) is 32.4 Å². The van der Waals surface area contributed by atoms with E-state index in [1.165, 1.54) is 0 Å². The Morgan fingerprint density at radius 1 is 1.53 bits per heavy atom. The van der Waals surface area contributed by atoms with Gasteiger partial charge in [-0.15, -0.1) is 0 Å². The summed E-state index contributed by atoms with van der Waals surface area (Å²) >= 11 is 0. The summed E-state index contributed by atoms with van der Waals surface area (Å²) in [7, 11) is 1.92. The predicted octanol–water partition coefficient (Wildman–Crippen LogP) is 0.680.